The maximum atomic E-state index is 13.0. The normalized spacial score (nSPS) is 14.7. The van der Waals surface area contributed by atoms with Crippen molar-refractivity contribution in [2.24, 2.45) is 0 Å². The Bertz CT molecular complexity index is 723. The van der Waals surface area contributed by atoms with Gasteiger partial charge in [-0.05, 0) is 35.6 Å². The molecule has 4 nitrogen and oxygen atoms in total. The van der Waals surface area contributed by atoms with Crippen LogP contribution in [0.25, 0.3) is 0 Å². The molecule has 0 fully saturated rings. The summed E-state index contributed by atoms with van der Waals surface area (Å²) in [5, 5.41) is 1.95. The highest BCUT2D eigenvalue weighted by atomic mass is 32.1. The Morgan fingerprint density at radius 1 is 1.23 bits per heavy atom. The average molecular weight is 314 g/mol. The monoisotopic (exact) mass is 314 g/mol. The molecule has 3 rings (SSSR count). The number of fused-ring (bicyclic) bond motifs is 1. The summed E-state index contributed by atoms with van der Waals surface area (Å²) >= 11 is 1.47. The van der Waals surface area contributed by atoms with Crippen LogP contribution in [0.3, 0.4) is 0 Å². The van der Waals surface area contributed by atoms with Crippen LogP contribution >= 0.6 is 11.3 Å². The van der Waals surface area contributed by atoms with Crippen LogP contribution in [0.15, 0.2) is 35.7 Å². The quantitative estimate of drug-likeness (QED) is 0.853. The number of carbonyl (C=O) groups is 2. The summed E-state index contributed by atoms with van der Waals surface area (Å²) in [6, 6.07) is 9.57. The average Bonchev–Trinajstić information content (AvgIpc) is 2.98. The maximum absolute atomic E-state index is 13.0. The van der Waals surface area contributed by atoms with Crippen molar-refractivity contribution in [1.29, 1.82) is 0 Å². The molecule has 1 aliphatic rings. The van der Waals surface area contributed by atoms with Gasteiger partial charge in [0.1, 0.15) is 0 Å². The molecule has 0 N–H and O–H groups in total. The minimum atomic E-state index is -0.0117. The van der Waals surface area contributed by atoms with Gasteiger partial charge in [-0.15, -0.1) is 11.3 Å². The second-order valence-electron chi connectivity index (χ2n) is 5.28. The van der Waals surface area contributed by atoms with Gasteiger partial charge >= 0.3 is 0 Å². The molecule has 0 aliphatic carbocycles. The van der Waals surface area contributed by atoms with Gasteiger partial charge in [0.25, 0.3) is 5.91 Å². The first-order chi connectivity index (χ1) is 10.6. The lowest BCUT2D eigenvalue weighted by molar-refractivity contribution is -0.118. The summed E-state index contributed by atoms with van der Waals surface area (Å²) in [7, 11) is 1.76. The van der Waals surface area contributed by atoms with E-state index in [1.807, 2.05) is 42.6 Å². The molecule has 1 aliphatic heterocycles. The number of amides is 2. The Morgan fingerprint density at radius 2 is 1.95 bits per heavy atom. The van der Waals surface area contributed by atoms with Crippen LogP contribution in [0.5, 0.6) is 0 Å². The van der Waals surface area contributed by atoms with Gasteiger partial charge in [-0.25, -0.2) is 0 Å². The van der Waals surface area contributed by atoms with E-state index in [1.165, 1.54) is 11.3 Å². The standard InChI is InChI=1S/C17H18N2O2S/c1-3-12-9-11-22-16(12)17(21)19-10-8-15(20)18(2)13-6-4-5-7-14(13)19/h4-7,9,11H,3,8,10H2,1-2H3. The van der Waals surface area contributed by atoms with Crippen molar-refractivity contribution in [2.75, 3.05) is 23.4 Å². The van der Waals surface area contributed by atoms with Crippen LogP contribution in [0.2, 0.25) is 0 Å². The first kappa shape index (κ1) is 14.8. The van der Waals surface area contributed by atoms with Gasteiger partial charge < -0.3 is 9.80 Å². The van der Waals surface area contributed by atoms with Gasteiger partial charge in [0.05, 0.1) is 16.3 Å². The molecule has 0 spiro atoms. The zero-order valence-electron chi connectivity index (χ0n) is 12.7. The first-order valence-electron chi connectivity index (χ1n) is 7.37. The van der Waals surface area contributed by atoms with E-state index in [4.69, 9.17) is 0 Å². The van der Waals surface area contributed by atoms with Gasteiger partial charge in [0.15, 0.2) is 0 Å². The maximum Gasteiger partial charge on any atom is 0.268 e. The van der Waals surface area contributed by atoms with Crippen LogP contribution in [-0.4, -0.2) is 25.4 Å². The summed E-state index contributed by atoms with van der Waals surface area (Å²) in [6.07, 6.45) is 1.17. The minimum Gasteiger partial charge on any atom is -0.313 e. The molecule has 2 aromatic rings. The number of aryl methyl sites for hydroxylation is 1. The van der Waals surface area contributed by atoms with Crippen molar-refractivity contribution in [3.05, 3.63) is 46.2 Å². The van der Waals surface area contributed by atoms with Gasteiger partial charge in [-0.2, -0.15) is 0 Å². The number of thiophene rings is 1. The molecular weight excluding hydrogens is 296 g/mol. The first-order valence-corrected chi connectivity index (χ1v) is 8.25. The smallest absolute Gasteiger partial charge is 0.268 e. The molecule has 22 heavy (non-hydrogen) atoms. The number of nitrogens with zero attached hydrogens (tertiary/aromatic N) is 2. The summed E-state index contributed by atoms with van der Waals surface area (Å²) in [6.45, 7) is 2.46. The van der Waals surface area contributed by atoms with Crippen LogP contribution < -0.4 is 9.80 Å². The van der Waals surface area contributed by atoms with Crippen molar-refractivity contribution >= 4 is 34.5 Å². The summed E-state index contributed by atoms with van der Waals surface area (Å²) in [5.74, 6) is 0.0204. The molecule has 0 radical (unpaired) electrons. The Labute approximate surface area is 134 Å². The SMILES string of the molecule is CCc1ccsc1C(=O)N1CCC(=O)N(C)c2ccccc21. The largest absolute Gasteiger partial charge is 0.313 e. The van der Waals surface area contributed by atoms with E-state index < -0.39 is 0 Å². The third-order valence-electron chi connectivity index (χ3n) is 4.02. The van der Waals surface area contributed by atoms with Crippen molar-refractivity contribution in [2.45, 2.75) is 19.8 Å². The molecule has 2 heterocycles. The fourth-order valence-electron chi connectivity index (χ4n) is 2.74. The van der Waals surface area contributed by atoms with E-state index in [2.05, 4.69) is 0 Å². The molecule has 0 saturated carbocycles. The molecule has 0 saturated heterocycles. The number of hydrogen-bond acceptors (Lipinski definition) is 3. The predicted molar refractivity (Wildman–Crippen MR) is 89.8 cm³/mol. The second kappa shape index (κ2) is 5.93. The summed E-state index contributed by atoms with van der Waals surface area (Å²) in [5.41, 5.74) is 2.65. The van der Waals surface area contributed by atoms with Crippen molar-refractivity contribution in [1.82, 2.24) is 0 Å². The zero-order chi connectivity index (χ0) is 15.7. The van der Waals surface area contributed by atoms with Gasteiger partial charge in [0.2, 0.25) is 5.91 Å². The highest BCUT2D eigenvalue weighted by Crippen LogP contribution is 2.33. The number of benzene rings is 1. The van der Waals surface area contributed by atoms with E-state index in [-0.39, 0.29) is 11.8 Å². The molecule has 1 aromatic heterocycles. The molecule has 0 atom stereocenters. The van der Waals surface area contributed by atoms with Gasteiger partial charge in [-0.3, -0.25) is 9.59 Å². The minimum absolute atomic E-state index is 0.0117. The van der Waals surface area contributed by atoms with Crippen molar-refractivity contribution in [3.8, 4) is 0 Å². The van der Waals surface area contributed by atoms with E-state index in [1.54, 1.807) is 16.8 Å². The number of carbonyl (C=O) groups excluding carboxylic acids is 2. The Morgan fingerprint density at radius 3 is 2.68 bits per heavy atom. The summed E-state index contributed by atoms with van der Waals surface area (Å²) in [4.78, 5) is 29.3. The third kappa shape index (κ3) is 2.41. The van der Waals surface area contributed by atoms with E-state index >= 15 is 0 Å². The Kier molecular flexibility index (Phi) is 3.98. The van der Waals surface area contributed by atoms with Crippen LogP contribution in [0, 0.1) is 0 Å². The topological polar surface area (TPSA) is 40.6 Å². The molecule has 0 unspecified atom stereocenters. The Balaban J connectivity index is 2.05. The van der Waals surface area contributed by atoms with Gasteiger partial charge in [0, 0.05) is 20.0 Å². The fraction of sp³-hybridized carbons (Fsp3) is 0.294. The van der Waals surface area contributed by atoms with Gasteiger partial charge in [-0.1, -0.05) is 19.1 Å². The van der Waals surface area contributed by atoms with Crippen molar-refractivity contribution in [3.63, 3.8) is 0 Å². The number of hydrogen-bond donors (Lipinski definition) is 0. The molecular formula is C17H18N2O2S. The van der Waals surface area contributed by atoms with Crippen molar-refractivity contribution < 1.29 is 9.59 Å². The molecule has 2 amide bonds. The predicted octanol–water partition coefficient (Wildman–Crippen LogP) is 3.32. The molecule has 0 bridgehead atoms. The summed E-state index contributed by atoms with van der Waals surface area (Å²) < 4.78 is 0. The molecule has 114 valence electrons. The Hall–Kier alpha value is -2.14. The highest BCUT2D eigenvalue weighted by molar-refractivity contribution is 7.12. The fourth-order valence-corrected chi connectivity index (χ4v) is 3.68. The zero-order valence-corrected chi connectivity index (χ0v) is 13.5. The lowest BCUT2D eigenvalue weighted by Gasteiger charge is -2.23. The van der Waals surface area contributed by atoms with E-state index in [9.17, 15) is 9.59 Å². The van der Waals surface area contributed by atoms with Crippen LogP contribution in [-0.2, 0) is 11.2 Å². The number of para-hydroxylation sites is 2. The van der Waals surface area contributed by atoms with Crippen LogP contribution in [0.1, 0.15) is 28.6 Å². The third-order valence-corrected chi connectivity index (χ3v) is 4.97. The molecule has 5 heteroatoms. The second-order valence-corrected chi connectivity index (χ2v) is 6.19. The highest BCUT2D eigenvalue weighted by Gasteiger charge is 2.29. The van der Waals surface area contributed by atoms with Crippen LogP contribution in [0.4, 0.5) is 11.4 Å². The van der Waals surface area contributed by atoms with E-state index in [0.717, 1.165) is 28.2 Å². The molecule has 1 aromatic carbocycles. The lowest BCUT2D eigenvalue weighted by Crippen LogP contribution is -2.32. The number of rotatable bonds is 2. The lowest BCUT2D eigenvalue weighted by atomic mass is 10.1. The van der Waals surface area contributed by atoms with E-state index in [0.29, 0.717) is 13.0 Å². The number of anilines is 2.